The molecule has 0 radical (unpaired) electrons. The van der Waals surface area contributed by atoms with Gasteiger partial charge in [-0.05, 0) is 18.2 Å². The molecule has 0 saturated carbocycles. The molecule has 0 spiro atoms. The highest BCUT2D eigenvalue weighted by Crippen LogP contribution is 2.16. The predicted molar refractivity (Wildman–Crippen MR) is 57.8 cm³/mol. The second-order valence-electron chi connectivity index (χ2n) is 3.41. The van der Waals surface area contributed by atoms with Crippen molar-refractivity contribution < 1.29 is 0 Å². The zero-order valence-corrected chi connectivity index (χ0v) is 8.33. The minimum atomic E-state index is 0.834. The maximum atomic E-state index is 4.52. The minimum Gasteiger partial charge on any atom is -0.311 e. The summed E-state index contributed by atoms with van der Waals surface area (Å²) in [7, 11) is 1.99. The average molecular weight is 198 g/mol. The lowest BCUT2D eigenvalue weighted by atomic mass is 10.3. The van der Waals surface area contributed by atoms with Crippen LogP contribution in [-0.4, -0.2) is 19.3 Å². The van der Waals surface area contributed by atoms with Gasteiger partial charge in [-0.3, -0.25) is 0 Å². The number of rotatable bonds is 1. The number of imidazole rings is 1. The SMILES string of the molecule is Cn1c(-n2cccn2)nc2ccccc21. The van der Waals surface area contributed by atoms with Crippen LogP contribution in [0.1, 0.15) is 0 Å². The largest absolute Gasteiger partial charge is 0.311 e. The van der Waals surface area contributed by atoms with Crippen LogP contribution in [0.5, 0.6) is 0 Å². The second kappa shape index (κ2) is 2.95. The quantitative estimate of drug-likeness (QED) is 0.597. The van der Waals surface area contributed by atoms with E-state index in [4.69, 9.17) is 0 Å². The summed E-state index contributed by atoms with van der Waals surface area (Å²) in [6.07, 6.45) is 3.64. The monoisotopic (exact) mass is 198 g/mol. The van der Waals surface area contributed by atoms with Crippen molar-refractivity contribution >= 4 is 11.0 Å². The van der Waals surface area contributed by atoms with Crippen molar-refractivity contribution in [1.29, 1.82) is 0 Å². The smallest absolute Gasteiger partial charge is 0.231 e. The fourth-order valence-corrected chi connectivity index (χ4v) is 1.72. The maximum absolute atomic E-state index is 4.52. The summed E-state index contributed by atoms with van der Waals surface area (Å²) in [6, 6.07) is 9.94. The van der Waals surface area contributed by atoms with Crippen LogP contribution in [0.4, 0.5) is 0 Å². The summed E-state index contributed by atoms with van der Waals surface area (Å²) >= 11 is 0. The Morgan fingerprint density at radius 3 is 2.73 bits per heavy atom. The Morgan fingerprint density at radius 1 is 1.13 bits per heavy atom. The van der Waals surface area contributed by atoms with Crippen molar-refractivity contribution in [2.24, 2.45) is 7.05 Å². The highest BCUT2D eigenvalue weighted by molar-refractivity contribution is 5.77. The normalized spacial score (nSPS) is 11.0. The Labute approximate surface area is 86.8 Å². The van der Waals surface area contributed by atoms with Crippen molar-refractivity contribution in [1.82, 2.24) is 19.3 Å². The van der Waals surface area contributed by atoms with Crippen molar-refractivity contribution in [2.75, 3.05) is 0 Å². The van der Waals surface area contributed by atoms with Crippen LogP contribution in [0.15, 0.2) is 42.7 Å². The van der Waals surface area contributed by atoms with Gasteiger partial charge in [0.15, 0.2) is 0 Å². The standard InChI is InChI=1S/C11H10N4/c1-14-10-6-3-2-5-9(10)13-11(14)15-8-4-7-12-15/h2-8H,1H3. The molecule has 2 aromatic heterocycles. The molecule has 15 heavy (non-hydrogen) atoms. The van der Waals surface area contributed by atoms with Gasteiger partial charge in [0.05, 0.1) is 11.0 Å². The molecule has 1 aromatic carbocycles. The van der Waals surface area contributed by atoms with E-state index in [0.29, 0.717) is 0 Å². The topological polar surface area (TPSA) is 35.6 Å². The van der Waals surface area contributed by atoms with Gasteiger partial charge < -0.3 is 4.57 Å². The summed E-state index contributed by atoms with van der Waals surface area (Å²) in [6.45, 7) is 0. The number of aryl methyl sites for hydroxylation is 1. The number of para-hydroxylation sites is 2. The molecule has 4 heteroatoms. The number of nitrogens with zero attached hydrogens (tertiary/aromatic N) is 4. The van der Waals surface area contributed by atoms with Crippen molar-refractivity contribution in [3.8, 4) is 5.95 Å². The summed E-state index contributed by atoms with van der Waals surface area (Å²) in [5.41, 5.74) is 2.11. The zero-order valence-electron chi connectivity index (χ0n) is 8.33. The van der Waals surface area contributed by atoms with E-state index in [9.17, 15) is 0 Å². The average Bonchev–Trinajstić information content (AvgIpc) is 2.87. The first-order valence-corrected chi connectivity index (χ1v) is 4.78. The van der Waals surface area contributed by atoms with Crippen molar-refractivity contribution in [3.05, 3.63) is 42.7 Å². The first-order valence-electron chi connectivity index (χ1n) is 4.78. The van der Waals surface area contributed by atoms with Gasteiger partial charge >= 0.3 is 0 Å². The molecule has 0 unspecified atom stereocenters. The Morgan fingerprint density at radius 2 is 2.00 bits per heavy atom. The molecule has 3 aromatic rings. The van der Waals surface area contributed by atoms with Gasteiger partial charge in [-0.25, -0.2) is 9.67 Å². The number of fused-ring (bicyclic) bond motifs is 1. The highest BCUT2D eigenvalue weighted by atomic mass is 15.4. The molecular formula is C11H10N4. The fraction of sp³-hybridized carbons (Fsp3) is 0.0909. The first-order chi connectivity index (χ1) is 7.36. The van der Waals surface area contributed by atoms with Gasteiger partial charge in [0.2, 0.25) is 5.95 Å². The van der Waals surface area contributed by atoms with Gasteiger partial charge in [-0.15, -0.1) is 0 Å². The molecule has 0 aliphatic heterocycles. The van der Waals surface area contributed by atoms with Crippen LogP contribution in [0, 0.1) is 0 Å². The Balaban J connectivity index is 2.33. The molecule has 0 atom stereocenters. The predicted octanol–water partition coefficient (Wildman–Crippen LogP) is 1.76. The van der Waals surface area contributed by atoms with Crippen LogP contribution < -0.4 is 0 Å². The third-order valence-electron chi connectivity index (χ3n) is 2.47. The molecule has 2 heterocycles. The van der Waals surface area contributed by atoms with E-state index in [1.54, 1.807) is 10.9 Å². The molecule has 0 N–H and O–H groups in total. The summed E-state index contributed by atoms with van der Waals surface area (Å²) < 4.78 is 3.79. The number of aromatic nitrogens is 4. The lowest BCUT2D eigenvalue weighted by Gasteiger charge is -2.00. The number of benzene rings is 1. The summed E-state index contributed by atoms with van der Waals surface area (Å²) in [5, 5.41) is 4.18. The van der Waals surface area contributed by atoms with Crippen LogP contribution in [0.2, 0.25) is 0 Å². The highest BCUT2D eigenvalue weighted by Gasteiger charge is 2.07. The van der Waals surface area contributed by atoms with Gasteiger partial charge in [-0.2, -0.15) is 5.10 Å². The van der Waals surface area contributed by atoms with Crippen LogP contribution in [-0.2, 0) is 7.05 Å². The first kappa shape index (κ1) is 8.23. The zero-order chi connectivity index (χ0) is 10.3. The molecular weight excluding hydrogens is 188 g/mol. The Bertz CT molecular complexity index is 592. The van der Waals surface area contributed by atoms with E-state index in [1.807, 2.05) is 42.1 Å². The Hall–Kier alpha value is -2.10. The lowest BCUT2D eigenvalue weighted by molar-refractivity contribution is 0.761. The lowest BCUT2D eigenvalue weighted by Crippen LogP contribution is -2.02. The van der Waals surface area contributed by atoms with Gasteiger partial charge in [0, 0.05) is 19.4 Å². The molecule has 0 aliphatic carbocycles. The van der Waals surface area contributed by atoms with E-state index in [0.717, 1.165) is 17.0 Å². The van der Waals surface area contributed by atoms with Crippen molar-refractivity contribution in [3.63, 3.8) is 0 Å². The van der Waals surface area contributed by atoms with Crippen LogP contribution >= 0.6 is 0 Å². The van der Waals surface area contributed by atoms with E-state index in [1.165, 1.54) is 0 Å². The van der Waals surface area contributed by atoms with Gasteiger partial charge in [-0.1, -0.05) is 12.1 Å². The molecule has 0 fully saturated rings. The molecule has 74 valence electrons. The van der Waals surface area contributed by atoms with E-state index < -0.39 is 0 Å². The molecule has 0 aliphatic rings. The van der Waals surface area contributed by atoms with E-state index in [2.05, 4.69) is 16.1 Å². The molecule has 0 amide bonds. The van der Waals surface area contributed by atoms with Gasteiger partial charge in [0.25, 0.3) is 0 Å². The number of hydrogen-bond donors (Lipinski definition) is 0. The third-order valence-corrected chi connectivity index (χ3v) is 2.47. The molecule has 0 bridgehead atoms. The van der Waals surface area contributed by atoms with Crippen LogP contribution in [0.25, 0.3) is 17.0 Å². The maximum Gasteiger partial charge on any atom is 0.231 e. The second-order valence-corrected chi connectivity index (χ2v) is 3.41. The molecule has 0 saturated heterocycles. The summed E-state index contributed by atoms with van der Waals surface area (Å²) in [5.74, 6) is 0.834. The third kappa shape index (κ3) is 1.15. The molecule has 3 rings (SSSR count). The Kier molecular flexibility index (Phi) is 1.62. The van der Waals surface area contributed by atoms with Crippen molar-refractivity contribution in [2.45, 2.75) is 0 Å². The van der Waals surface area contributed by atoms with Crippen LogP contribution in [0.3, 0.4) is 0 Å². The minimum absolute atomic E-state index is 0.834. The van der Waals surface area contributed by atoms with E-state index >= 15 is 0 Å². The van der Waals surface area contributed by atoms with Gasteiger partial charge in [0.1, 0.15) is 0 Å². The van der Waals surface area contributed by atoms with E-state index in [-0.39, 0.29) is 0 Å². The summed E-state index contributed by atoms with van der Waals surface area (Å²) in [4.78, 5) is 4.52. The molecule has 4 nitrogen and oxygen atoms in total. The fourth-order valence-electron chi connectivity index (χ4n) is 1.72. The number of hydrogen-bond acceptors (Lipinski definition) is 2.